The van der Waals surface area contributed by atoms with Gasteiger partial charge < -0.3 is 10.1 Å². The van der Waals surface area contributed by atoms with Gasteiger partial charge in [-0.2, -0.15) is 0 Å². The average molecular weight is 513 g/mol. The van der Waals surface area contributed by atoms with Crippen molar-refractivity contribution in [2.24, 2.45) is 0 Å². The monoisotopic (exact) mass is 512 g/mol. The Morgan fingerprint density at radius 2 is 1.76 bits per heavy atom. The molecule has 1 heterocycles. The fraction of sp³-hybridized carbons (Fsp3) is 0.219. The quantitative estimate of drug-likeness (QED) is 0.306. The van der Waals surface area contributed by atoms with Crippen molar-refractivity contribution in [1.82, 2.24) is 10.2 Å². The minimum absolute atomic E-state index is 0.0831. The highest BCUT2D eigenvalue weighted by atomic mass is 19.1. The molecule has 2 atom stereocenters. The molecule has 194 valence electrons. The average Bonchev–Trinajstić information content (AvgIpc) is 2.93. The summed E-state index contributed by atoms with van der Waals surface area (Å²) in [6.45, 7) is 3.19. The van der Waals surface area contributed by atoms with E-state index in [0.717, 1.165) is 24.1 Å². The normalized spacial score (nSPS) is 15.9. The molecule has 0 bridgehead atoms. The summed E-state index contributed by atoms with van der Waals surface area (Å²) in [5.41, 5.74) is 4.75. The number of fused-ring (bicyclic) bond motifs is 1. The van der Waals surface area contributed by atoms with Crippen molar-refractivity contribution in [2.75, 3.05) is 6.54 Å². The first-order chi connectivity index (χ1) is 18.5. The van der Waals surface area contributed by atoms with Crippen LogP contribution >= 0.6 is 0 Å². The van der Waals surface area contributed by atoms with Crippen LogP contribution in [-0.4, -0.2) is 23.5 Å². The lowest BCUT2D eigenvalue weighted by molar-refractivity contribution is -0.127. The van der Waals surface area contributed by atoms with E-state index in [1.54, 1.807) is 25.1 Å². The minimum Gasteiger partial charge on any atom is -0.481 e. The largest absolute Gasteiger partial charge is 0.481 e. The van der Waals surface area contributed by atoms with Crippen LogP contribution in [0, 0.1) is 11.6 Å². The Bertz CT molecular complexity index is 1410. The summed E-state index contributed by atoms with van der Waals surface area (Å²) in [6.07, 6.45) is 0.0896. The molecule has 1 aliphatic rings. The summed E-state index contributed by atoms with van der Waals surface area (Å²) in [5.74, 6) is -0.244. The first-order valence-electron chi connectivity index (χ1n) is 12.8. The predicted octanol–water partition coefficient (Wildman–Crippen LogP) is 6.20. The SMILES string of the molecule is C[C@H](Oc1ccc2c(c1)[C@@H](c1ccccc1)N(Cc1ccccc1F)CC2)C(=O)NCc1cccc(F)c1. The first-order valence-corrected chi connectivity index (χ1v) is 12.8. The molecule has 0 saturated carbocycles. The Morgan fingerprint density at radius 3 is 2.55 bits per heavy atom. The zero-order valence-corrected chi connectivity index (χ0v) is 21.2. The van der Waals surface area contributed by atoms with Gasteiger partial charge >= 0.3 is 0 Å². The van der Waals surface area contributed by atoms with E-state index in [1.807, 2.05) is 42.5 Å². The molecule has 0 unspecified atom stereocenters. The summed E-state index contributed by atoms with van der Waals surface area (Å²) in [7, 11) is 0. The Morgan fingerprint density at radius 1 is 0.974 bits per heavy atom. The second kappa shape index (κ2) is 11.6. The molecule has 4 aromatic rings. The lowest BCUT2D eigenvalue weighted by Crippen LogP contribution is -2.37. The van der Waals surface area contributed by atoms with E-state index in [1.165, 1.54) is 23.8 Å². The van der Waals surface area contributed by atoms with Crippen LogP contribution in [0.4, 0.5) is 8.78 Å². The molecule has 6 heteroatoms. The fourth-order valence-electron chi connectivity index (χ4n) is 5.00. The van der Waals surface area contributed by atoms with Crippen LogP contribution in [0.1, 0.15) is 40.8 Å². The third-order valence-corrected chi connectivity index (χ3v) is 6.93. The molecule has 1 amide bonds. The number of benzene rings is 4. The minimum atomic E-state index is -0.741. The van der Waals surface area contributed by atoms with E-state index in [4.69, 9.17) is 4.74 Å². The van der Waals surface area contributed by atoms with Crippen LogP contribution in [-0.2, 0) is 24.3 Å². The van der Waals surface area contributed by atoms with E-state index < -0.39 is 6.10 Å². The Hall–Kier alpha value is -4.03. The molecule has 0 radical (unpaired) electrons. The molecular formula is C32H30F2N2O2. The number of nitrogens with one attached hydrogen (secondary N) is 1. The molecule has 1 aliphatic heterocycles. The van der Waals surface area contributed by atoms with Crippen molar-refractivity contribution in [3.05, 3.63) is 137 Å². The molecule has 1 N–H and O–H groups in total. The van der Waals surface area contributed by atoms with Gasteiger partial charge in [-0.15, -0.1) is 0 Å². The van der Waals surface area contributed by atoms with Gasteiger partial charge in [-0.1, -0.05) is 66.7 Å². The summed E-state index contributed by atoms with van der Waals surface area (Å²) >= 11 is 0. The topological polar surface area (TPSA) is 41.6 Å². The van der Waals surface area contributed by atoms with Crippen LogP contribution in [0.15, 0.2) is 97.1 Å². The van der Waals surface area contributed by atoms with Gasteiger partial charge in [0.25, 0.3) is 5.91 Å². The van der Waals surface area contributed by atoms with E-state index in [-0.39, 0.29) is 30.1 Å². The van der Waals surface area contributed by atoms with Gasteiger partial charge in [0.15, 0.2) is 6.10 Å². The molecule has 0 saturated heterocycles. The summed E-state index contributed by atoms with van der Waals surface area (Å²) < 4.78 is 34.0. The number of nitrogens with zero attached hydrogens (tertiary/aromatic N) is 1. The van der Waals surface area contributed by atoms with Gasteiger partial charge in [-0.25, -0.2) is 8.78 Å². The van der Waals surface area contributed by atoms with Crippen molar-refractivity contribution in [2.45, 2.75) is 38.6 Å². The van der Waals surface area contributed by atoms with Gasteiger partial charge in [-0.3, -0.25) is 9.69 Å². The van der Waals surface area contributed by atoms with E-state index in [0.29, 0.717) is 23.4 Å². The Labute approximate surface area is 221 Å². The zero-order valence-electron chi connectivity index (χ0n) is 21.2. The maximum absolute atomic E-state index is 14.5. The Kier molecular flexibility index (Phi) is 7.80. The fourth-order valence-corrected chi connectivity index (χ4v) is 5.00. The van der Waals surface area contributed by atoms with Crippen molar-refractivity contribution in [3.63, 3.8) is 0 Å². The van der Waals surface area contributed by atoms with E-state index in [2.05, 4.69) is 28.4 Å². The highest BCUT2D eigenvalue weighted by Crippen LogP contribution is 2.38. The number of amides is 1. The number of rotatable bonds is 8. The van der Waals surface area contributed by atoms with Gasteiger partial charge in [0.2, 0.25) is 0 Å². The standard InChI is InChI=1S/C32H30F2N2O2/c1-22(32(37)35-20-23-8-7-12-27(33)18-23)38-28-15-14-24-16-17-36(21-26-11-5-6-13-30(26)34)31(29(24)19-28)25-9-3-2-4-10-25/h2-15,18-19,22,31H,16-17,20-21H2,1H3,(H,35,37)/t22-,31+/m0/s1. The number of hydrogen-bond donors (Lipinski definition) is 1. The second-order valence-corrected chi connectivity index (χ2v) is 9.59. The van der Waals surface area contributed by atoms with Gasteiger partial charge in [0.05, 0.1) is 6.04 Å². The number of hydrogen-bond acceptors (Lipinski definition) is 3. The molecule has 0 aliphatic carbocycles. The zero-order chi connectivity index (χ0) is 26.5. The number of halogens is 2. The lowest BCUT2D eigenvalue weighted by atomic mass is 9.87. The molecular weight excluding hydrogens is 482 g/mol. The van der Waals surface area contributed by atoms with Crippen LogP contribution in [0.5, 0.6) is 5.75 Å². The molecule has 38 heavy (non-hydrogen) atoms. The summed E-state index contributed by atoms with van der Waals surface area (Å²) in [5, 5.41) is 2.81. The van der Waals surface area contributed by atoms with Crippen molar-refractivity contribution in [1.29, 1.82) is 0 Å². The van der Waals surface area contributed by atoms with Crippen LogP contribution < -0.4 is 10.1 Å². The van der Waals surface area contributed by atoms with E-state index >= 15 is 0 Å². The predicted molar refractivity (Wildman–Crippen MR) is 144 cm³/mol. The van der Waals surface area contributed by atoms with Crippen molar-refractivity contribution in [3.8, 4) is 5.75 Å². The third-order valence-electron chi connectivity index (χ3n) is 6.93. The van der Waals surface area contributed by atoms with E-state index in [9.17, 15) is 13.6 Å². The molecule has 0 spiro atoms. The van der Waals surface area contributed by atoms with Crippen LogP contribution in [0.3, 0.4) is 0 Å². The molecule has 4 aromatic carbocycles. The molecule has 0 fully saturated rings. The smallest absolute Gasteiger partial charge is 0.261 e. The number of ether oxygens (including phenoxy) is 1. The number of carbonyl (C=O) groups is 1. The molecule has 0 aromatic heterocycles. The first kappa shape index (κ1) is 25.6. The summed E-state index contributed by atoms with van der Waals surface area (Å²) in [4.78, 5) is 15.0. The van der Waals surface area contributed by atoms with Crippen molar-refractivity contribution >= 4 is 5.91 Å². The van der Waals surface area contributed by atoms with Gasteiger partial charge in [-0.05, 0) is 65.9 Å². The van der Waals surface area contributed by atoms with Crippen LogP contribution in [0.25, 0.3) is 0 Å². The maximum Gasteiger partial charge on any atom is 0.261 e. The second-order valence-electron chi connectivity index (χ2n) is 9.59. The number of carbonyl (C=O) groups excluding carboxylic acids is 1. The maximum atomic E-state index is 14.5. The Balaban J connectivity index is 1.36. The lowest BCUT2D eigenvalue weighted by Gasteiger charge is -2.38. The highest BCUT2D eigenvalue weighted by Gasteiger charge is 2.30. The third kappa shape index (κ3) is 5.92. The highest BCUT2D eigenvalue weighted by molar-refractivity contribution is 5.80. The van der Waals surface area contributed by atoms with Gasteiger partial charge in [0.1, 0.15) is 17.4 Å². The summed E-state index contributed by atoms with van der Waals surface area (Å²) in [6, 6.07) is 29.1. The van der Waals surface area contributed by atoms with Gasteiger partial charge in [0, 0.05) is 25.2 Å². The van der Waals surface area contributed by atoms with Crippen molar-refractivity contribution < 1.29 is 18.3 Å². The molecule has 5 rings (SSSR count). The molecule has 4 nitrogen and oxygen atoms in total. The van der Waals surface area contributed by atoms with Crippen LogP contribution in [0.2, 0.25) is 0 Å².